The zero-order valence-electron chi connectivity index (χ0n) is 12.3. The van der Waals surface area contributed by atoms with Crippen LogP contribution in [0.3, 0.4) is 0 Å². The van der Waals surface area contributed by atoms with Crippen LogP contribution in [0.5, 0.6) is 0 Å². The molecule has 0 bridgehead atoms. The zero-order chi connectivity index (χ0) is 13.2. The molecule has 0 radical (unpaired) electrons. The van der Waals surface area contributed by atoms with Gasteiger partial charge in [-0.05, 0) is 62.6 Å². The van der Waals surface area contributed by atoms with E-state index in [9.17, 15) is 0 Å². The van der Waals surface area contributed by atoms with E-state index in [0.717, 1.165) is 6.04 Å². The molecule has 1 saturated carbocycles. The number of nitrogens with one attached hydrogen (secondary N) is 1. The Morgan fingerprint density at radius 2 is 1.94 bits per heavy atom. The monoisotopic (exact) mass is 245 g/mol. The van der Waals surface area contributed by atoms with Gasteiger partial charge in [-0.15, -0.1) is 0 Å². The third kappa shape index (κ3) is 4.13. The molecule has 1 aliphatic carbocycles. The molecule has 0 spiro atoms. The third-order valence-electron chi connectivity index (χ3n) is 3.99. The first-order chi connectivity index (χ1) is 8.46. The van der Waals surface area contributed by atoms with Crippen molar-refractivity contribution < 1.29 is 0 Å². The molecule has 0 heterocycles. The third-order valence-corrected chi connectivity index (χ3v) is 3.99. The summed E-state index contributed by atoms with van der Waals surface area (Å²) in [6, 6.07) is 7.65. The van der Waals surface area contributed by atoms with Crippen LogP contribution in [-0.2, 0) is 6.42 Å². The van der Waals surface area contributed by atoms with Gasteiger partial charge in [0.25, 0.3) is 0 Å². The second-order valence-corrected chi connectivity index (χ2v) is 6.75. The van der Waals surface area contributed by atoms with Crippen molar-refractivity contribution in [2.24, 2.45) is 5.41 Å². The molecule has 0 unspecified atom stereocenters. The van der Waals surface area contributed by atoms with Gasteiger partial charge in [0, 0.05) is 6.04 Å². The largest absolute Gasteiger partial charge is 0.314 e. The van der Waals surface area contributed by atoms with Crippen LogP contribution in [0.1, 0.15) is 49.8 Å². The summed E-state index contributed by atoms with van der Waals surface area (Å²) in [4.78, 5) is 0. The molecule has 1 N–H and O–H groups in total. The maximum atomic E-state index is 3.62. The summed E-state index contributed by atoms with van der Waals surface area (Å²) < 4.78 is 0. The van der Waals surface area contributed by atoms with Crippen molar-refractivity contribution in [3.05, 3.63) is 34.9 Å². The first-order valence-electron chi connectivity index (χ1n) is 7.26. The second-order valence-electron chi connectivity index (χ2n) is 6.75. The SMILES string of the molecule is Cc1ccc(C)c(CC(C)(C)CCNC2CC2)c1. The average Bonchev–Trinajstić information content (AvgIpc) is 3.07. The van der Waals surface area contributed by atoms with Gasteiger partial charge >= 0.3 is 0 Å². The fraction of sp³-hybridized carbons (Fsp3) is 0.647. The van der Waals surface area contributed by atoms with Crippen LogP contribution in [0.2, 0.25) is 0 Å². The Balaban J connectivity index is 1.90. The van der Waals surface area contributed by atoms with E-state index >= 15 is 0 Å². The lowest BCUT2D eigenvalue weighted by molar-refractivity contribution is 0.324. The van der Waals surface area contributed by atoms with Gasteiger partial charge in [0.05, 0.1) is 0 Å². The lowest BCUT2D eigenvalue weighted by Gasteiger charge is -2.26. The molecule has 1 heteroatoms. The van der Waals surface area contributed by atoms with Gasteiger partial charge in [0.15, 0.2) is 0 Å². The standard InChI is InChI=1S/C17H27N/c1-13-5-6-14(2)15(11-13)12-17(3,4)9-10-18-16-7-8-16/h5-6,11,16,18H,7-10,12H2,1-4H3. The molecule has 1 nitrogen and oxygen atoms in total. The summed E-state index contributed by atoms with van der Waals surface area (Å²) in [5.41, 5.74) is 4.72. The van der Waals surface area contributed by atoms with Gasteiger partial charge < -0.3 is 5.32 Å². The number of hydrogen-bond donors (Lipinski definition) is 1. The minimum Gasteiger partial charge on any atom is -0.314 e. The second kappa shape index (κ2) is 5.44. The Kier molecular flexibility index (Phi) is 4.11. The molecular formula is C17H27N. The smallest absolute Gasteiger partial charge is 0.00682 e. The molecule has 100 valence electrons. The minimum atomic E-state index is 0.389. The maximum absolute atomic E-state index is 3.62. The molecule has 1 aromatic rings. The predicted octanol–water partition coefficient (Wildman–Crippen LogP) is 4.01. The molecular weight excluding hydrogens is 218 g/mol. The van der Waals surface area contributed by atoms with E-state index in [1.807, 2.05) is 0 Å². The zero-order valence-corrected chi connectivity index (χ0v) is 12.3. The van der Waals surface area contributed by atoms with Gasteiger partial charge in [0.1, 0.15) is 0 Å². The highest BCUT2D eigenvalue weighted by atomic mass is 14.9. The molecule has 0 aliphatic heterocycles. The predicted molar refractivity (Wildman–Crippen MR) is 79.0 cm³/mol. The molecule has 0 amide bonds. The van der Waals surface area contributed by atoms with Crippen molar-refractivity contribution in [1.29, 1.82) is 0 Å². The molecule has 1 aromatic carbocycles. The number of benzene rings is 1. The first kappa shape index (κ1) is 13.6. The quantitative estimate of drug-likeness (QED) is 0.798. The van der Waals surface area contributed by atoms with E-state index in [0.29, 0.717) is 5.41 Å². The molecule has 0 aromatic heterocycles. The maximum Gasteiger partial charge on any atom is 0.00682 e. The van der Waals surface area contributed by atoms with Crippen molar-refractivity contribution in [1.82, 2.24) is 5.32 Å². The number of aryl methyl sites for hydroxylation is 2. The highest BCUT2D eigenvalue weighted by Gasteiger charge is 2.23. The van der Waals surface area contributed by atoms with E-state index in [4.69, 9.17) is 0 Å². The van der Waals surface area contributed by atoms with Crippen molar-refractivity contribution in [2.75, 3.05) is 6.54 Å². The van der Waals surface area contributed by atoms with E-state index in [1.54, 1.807) is 0 Å². The topological polar surface area (TPSA) is 12.0 Å². The van der Waals surface area contributed by atoms with E-state index in [-0.39, 0.29) is 0 Å². The molecule has 1 aliphatic rings. The van der Waals surface area contributed by atoms with Gasteiger partial charge in [-0.1, -0.05) is 37.6 Å². The summed E-state index contributed by atoms with van der Waals surface area (Å²) in [5.74, 6) is 0. The average molecular weight is 245 g/mol. The Morgan fingerprint density at radius 3 is 2.61 bits per heavy atom. The minimum absolute atomic E-state index is 0.389. The fourth-order valence-corrected chi connectivity index (χ4v) is 2.50. The van der Waals surface area contributed by atoms with E-state index in [1.165, 1.54) is 48.9 Å². The van der Waals surface area contributed by atoms with Crippen LogP contribution < -0.4 is 5.32 Å². The highest BCUT2D eigenvalue weighted by Crippen LogP contribution is 2.28. The van der Waals surface area contributed by atoms with Gasteiger partial charge in [0.2, 0.25) is 0 Å². The molecule has 18 heavy (non-hydrogen) atoms. The Hall–Kier alpha value is -0.820. The lowest BCUT2D eigenvalue weighted by atomic mass is 9.81. The number of hydrogen-bond acceptors (Lipinski definition) is 1. The summed E-state index contributed by atoms with van der Waals surface area (Å²) in [6.07, 6.45) is 5.22. The summed E-state index contributed by atoms with van der Waals surface area (Å²) in [6.45, 7) is 10.4. The van der Waals surface area contributed by atoms with Crippen LogP contribution in [0.4, 0.5) is 0 Å². The van der Waals surface area contributed by atoms with Crippen molar-refractivity contribution >= 4 is 0 Å². The molecule has 0 atom stereocenters. The normalized spacial score (nSPS) is 16.0. The summed E-state index contributed by atoms with van der Waals surface area (Å²) in [7, 11) is 0. The van der Waals surface area contributed by atoms with Crippen LogP contribution in [0.15, 0.2) is 18.2 Å². The van der Waals surface area contributed by atoms with Crippen LogP contribution in [-0.4, -0.2) is 12.6 Å². The van der Waals surface area contributed by atoms with E-state index < -0.39 is 0 Å². The first-order valence-corrected chi connectivity index (χ1v) is 7.26. The van der Waals surface area contributed by atoms with Crippen LogP contribution >= 0.6 is 0 Å². The van der Waals surface area contributed by atoms with Crippen LogP contribution in [0, 0.1) is 19.3 Å². The van der Waals surface area contributed by atoms with Crippen molar-refractivity contribution in [3.8, 4) is 0 Å². The lowest BCUT2D eigenvalue weighted by Crippen LogP contribution is -2.25. The number of rotatable bonds is 6. The van der Waals surface area contributed by atoms with Gasteiger partial charge in [-0.2, -0.15) is 0 Å². The van der Waals surface area contributed by atoms with Crippen molar-refractivity contribution in [2.45, 2.75) is 59.4 Å². The summed E-state index contributed by atoms with van der Waals surface area (Å²) in [5, 5.41) is 3.62. The molecule has 0 saturated heterocycles. The van der Waals surface area contributed by atoms with Gasteiger partial charge in [-0.3, -0.25) is 0 Å². The molecule has 2 rings (SSSR count). The molecule has 1 fully saturated rings. The van der Waals surface area contributed by atoms with E-state index in [2.05, 4.69) is 51.2 Å². The van der Waals surface area contributed by atoms with Crippen molar-refractivity contribution in [3.63, 3.8) is 0 Å². The Bertz CT molecular complexity index is 402. The fourth-order valence-electron chi connectivity index (χ4n) is 2.50. The Labute approximate surface area is 112 Å². The summed E-state index contributed by atoms with van der Waals surface area (Å²) >= 11 is 0. The van der Waals surface area contributed by atoms with Crippen LogP contribution in [0.25, 0.3) is 0 Å². The van der Waals surface area contributed by atoms with Gasteiger partial charge in [-0.25, -0.2) is 0 Å². The Morgan fingerprint density at radius 1 is 1.22 bits per heavy atom. The highest BCUT2D eigenvalue weighted by molar-refractivity contribution is 5.31.